The first kappa shape index (κ1) is 22.3. The van der Waals surface area contributed by atoms with Crippen LogP contribution in [0.4, 0.5) is 0 Å². The van der Waals surface area contributed by atoms with E-state index in [0.717, 1.165) is 28.1 Å². The Labute approximate surface area is 193 Å². The lowest BCUT2D eigenvalue weighted by atomic mass is 9.87. The molecule has 0 unspecified atom stereocenters. The Bertz CT molecular complexity index is 1320. The van der Waals surface area contributed by atoms with E-state index >= 15 is 0 Å². The van der Waals surface area contributed by atoms with Gasteiger partial charge in [0.1, 0.15) is 12.4 Å². The van der Waals surface area contributed by atoms with Crippen molar-refractivity contribution < 1.29 is 19.4 Å². The maximum absolute atomic E-state index is 12.2. The summed E-state index contributed by atoms with van der Waals surface area (Å²) in [4.78, 5) is 23.5. The topological polar surface area (TPSA) is 68.5 Å². The van der Waals surface area contributed by atoms with E-state index in [2.05, 4.69) is 45.0 Å². The Balaban J connectivity index is 1.56. The lowest BCUT2D eigenvalue weighted by molar-refractivity contribution is -0.131. The summed E-state index contributed by atoms with van der Waals surface area (Å²) in [7, 11) is 0. The number of carboxylic acid groups (broad SMARTS) is 1. The molecule has 0 aliphatic rings. The fourth-order valence-electron chi connectivity index (χ4n) is 3.82. The van der Waals surface area contributed by atoms with Crippen molar-refractivity contribution in [1.82, 2.24) is 4.57 Å². The molecule has 1 heterocycles. The summed E-state index contributed by atoms with van der Waals surface area (Å²) in [6, 6.07) is 21.7. The van der Waals surface area contributed by atoms with Gasteiger partial charge >= 0.3 is 5.97 Å². The summed E-state index contributed by atoms with van der Waals surface area (Å²) in [6.45, 7) is 8.95. The van der Waals surface area contributed by atoms with Crippen LogP contribution in [-0.2, 0) is 16.8 Å². The molecule has 0 aliphatic carbocycles. The number of carboxylic acids is 1. The van der Waals surface area contributed by atoms with Gasteiger partial charge in [-0.15, -0.1) is 0 Å². The van der Waals surface area contributed by atoms with Gasteiger partial charge in [-0.3, -0.25) is 4.79 Å². The lowest BCUT2D eigenvalue weighted by Gasteiger charge is -2.19. The second-order valence-corrected chi connectivity index (χ2v) is 9.30. The summed E-state index contributed by atoms with van der Waals surface area (Å²) in [5.74, 6) is -1.65. The van der Waals surface area contributed by atoms with E-state index < -0.39 is 11.8 Å². The van der Waals surface area contributed by atoms with Crippen LogP contribution in [-0.4, -0.2) is 21.4 Å². The number of nitrogens with zero attached hydrogens (tertiary/aromatic N) is 1. The molecule has 0 saturated heterocycles. The minimum absolute atomic E-state index is 0.117. The number of aliphatic carboxylic acids is 1. The van der Waals surface area contributed by atoms with E-state index in [9.17, 15) is 14.7 Å². The van der Waals surface area contributed by atoms with Gasteiger partial charge in [-0.2, -0.15) is 0 Å². The summed E-state index contributed by atoms with van der Waals surface area (Å²) in [6.07, 6.45) is 1.59. The maximum Gasteiger partial charge on any atom is 0.377 e. The molecule has 0 fully saturated rings. The first-order valence-electron chi connectivity index (χ1n) is 10.9. The lowest BCUT2D eigenvalue weighted by Crippen LogP contribution is -2.12. The van der Waals surface area contributed by atoms with Crippen molar-refractivity contribution in [2.45, 2.75) is 39.7 Å². The molecule has 1 N–H and O–H groups in total. The number of aryl methyl sites for hydroxylation is 1. The fourth-order valence-corrected chi connectivity index (χ4v) is 3.82. The van der Waals surface area contributed by atoms with E-state index in [4.69, 9.17) is 4.74 Å². The summed E-state index contributed by atoms with van der Waals surface area (Å²) < 4.78 is 7.78. The van der Waals surface area contributed by atoms with E-state index in [0.29, 0.717) is 12.0 Å². The van der Waals surface area contributed by atoms with Crippen molar-refractivity contribution in [2.24, 2.45) is 0 Å². The van der Waals surface area contributed by atoms with Gasteiger partial charge in [0.25, 0.3) is 5.78 Å². The van der Waals surface area contributed by atoms with Crippen LogP contribution in [0.5, 0.6) is 5.75 Å². The van der Waals surface area contributed by atoms with E-state index in [-0.39, 0.29) is 11.0 Å². The van der Waals surface area contributed by atoms with Crippen molar-refractivity contribution >= 4 is 22.7 Å². The van der Waals surface area contributed by atoms with E-state index in [1.807, 2.05) is 54.0 Å². The minimum atomic E-state index is -1.46. The Kier molecular flexibility index (Phi) is 5.81. The number of benzene rings is 3. The first-order chi connectivity index (χ1) is 15.6. The fraction of sp³-hybridized carbons (Fsp3) is 0.214. The van der Waals surface area contributed by atoms with E-state index in [1.54, 1.807) is 6.20 Å². The molecule has 0 aliphatic heterocycles. The molecular formula is C28H27NO4. The minimum Gasteiger partial charge on any atom is -0.489 e. The molecule has 3 aromatic carbocycles. The Hall–Kier alpha value is -3.86. The average molecular weight is 442 g/mol. The number of aromatic nitrogens is 1. The molecule has 168 valence electrons. The molecule has 0 atom stereocenters. The Morgan fingerprint density at radius 3 is 2.21 bits per heavy atom. The quantitative estimate of drug-likeness (QED) is 0.291. The third-order valence-electron chi connectivity index (χ3n) is 5.74. The van der Waals surface area contributed by atoms with Gasteiger partial charge < -0.3 is 14.4 Å². The predicted octanol–water partition coefficient (Wildman–Crippen LogP) is 6.08. The number of ether oxygens (including phenoxy) is 1. The first-order valence-corrected chi connectivity index (χ1v) is 10.9. The second-order valence-electron chi connectivity index (χ2n) is 9.30. The third kappa shape index (κ3) is 4.67. The normalized spacial score (nSPS) is 11.5. The van der Waals surface area contributed by atoms with Gasteiger partial charge in [-0.25, -0.2) is 4.79 Å². The summed E-state index contributed by atoms with van der Waals surface area (Å²) in [5, 5.41) is 9.84. The highest BCUT2D eigenvalue weighted by molar-refractivity contribution is 6.42. The zero-order chi connectivity index (χ0) is 23.8. The van der Waals surface area contributed by atoms with Crippen LogP contribution >= 0.6 is 0 Å². The highest BCUT2D eigenvalue weighted by Crippen LogP contribution is 2.28. The number of carbonyl (C=O) groups is 2. The Morgan fingerprint density at radius 2 is 1.61 bits per heavy atom. The molecule has 5 nitrogen and oxygen atoms in total. The van der Waals surface area contributed by atoms with Gasteiger partial charge in [-0.1, -0.05) is 56.7 Å². The number of hydrogen-bond acceptors (Lipinski definition) is 3. The summed E-state index contributed by atoms with van der Waals surface area (Å²) in [5.41, 5.74) is 5.22. The number of fused-ring (bicyclic) bond motifs is 1. The average Bonchev–Trinajstić information content (AvgIpc) is 3.15. The third-order valence-corrected chi connectivity index (χ3v) is 5.74. The van der Waals surface area contributed by atoms with Crippen molar-refractivity contribution in [3.63, 3.8) is 0 Å². The van der Waals surface area contributed by atoms with Crippen LogP contribution in [0.2, 0.25) is 0 Å². The van der Waals surface area contributed by atoms with Crippen LogP contribution in [0.1, 0.15) is 47.8 Å². The smallest absolute Gasteiger partial charge is 0.377 e. The largest absolute Gasteiger partial charge is 0.489 e. The molecule has 0 radical (unpaired) electrons. The highest BCUT2D eigenvalue weighted by Gasteiger charge is 2.21. The van der Waals surface area contributed by atoms with Crippen molar-refractivity contribution in [3.05, 3.63) is 95.2 Å². The van der Waals surface area contributed by atoms with Gasteiger partial charge in [0, 0.05) is 17.3 Å². The molecule has 33 heavy (non-hydrogen) atoms. The summed E-state index contributed by atoms with van der Waals surface area (Å²) >= 11 is 0. The molecule has 0 saturated carbocycles. The van der Waals surface area contributed by atoms with Gasteiger partial charge in [0.05, 0.1) is 11.1 Å². The molecule has 4 rings (SSSR count). The number of carbonyl (C=O) groups excluding carboxylic acids is 1. The zero-order valence-corrected chi connectivity index (χ0v) is 19.3. The Morgan fingerprint density at radius 1 is 0.939 bits per heavy atom. The molecule has 0 spiro atoms. The van der Waals surface area contributed by atoms with Crippen LogP contribution in [0.15, 0.2) is 72.9 Å². The van der Waals surface area contributed by atoms with Gasteiger partial charge in [-0.05, 0) is 59.9 Å². The molecule has 0 bridgehead atoms. The van der Waals surface area contributed by atoms with Gasteiger partial charge in [0.2, 0.25) is 0 Å². The van der Waals surface area contributed by atoms with Crippen LogP contribution < -0.4 is 4.74 Å². The van der Waals surface area contributed by atoms with Crippen LogP contribution in [0.3, 0.4) is 0 Å². The predicted molar refractivity (Wildman–Crippen MR) is 129 cm³/mol. The van der Waals surface area contributed by atoms with Gasteiger partial charge in [0.15, 0.2) is 0 Å². The van der Waals surface area contributed by atoms with Crippen LogP contribution in [0, 0.1) is 6.92 Å². The monoisotopic (exact) mass is 441 g/mol. The molecule has 1 aromatic heterocycles. The van der Waals surface area contributed by atoms with Crippen molar-refractivity contribution in [1.29, 1.82) is 0 Å². The number of Topliss-reactive ketones (excluding diaryl/α,β-unsaturated/α-hetero) is 1. The molecule has 5 heteroatoms. The second kappa shape index (κ2) is 8.58. The van der Waals surface area contributed by atoms with Crippen LogP contribution in [0.25, 0.3) is 16.6 Å². The molecular weight excluding hydrogens is 414 g/mol. The SMILES string of the molecule is Cc1ccc2c(c1)c(C(=O)C(=O)O)cn2-c1ccc(OCc2ccc(C(C)(C)C)cc2)cc1. The zero-order valence-electron chi connectivity index (χ0n) is 19.3. The number of ketones is 1. The standard InChI is InChI=1S/C28H27NO4/c1-18-5-14-25-23(15-18)24(26(30)27(31)32)16-29(25)21-10-12-22(13-11-21)33-17-19-6-8-20(9-7-19)28(2,3)4/h5-16H,17H2,1-4H3,(H,31,32). The number of rotatable bonds is 6. The molecule has 4 aromatic rings. The highest BCUT2D eigenvalue weighted by atomic mass is 16.5. The number of hydrogen-bond donors (Lipinski definition) is 1. The van der Waals surface area contributed by atoms with E-state index in [1.165, 1.54) is 5.56 Å². The maximum atomic E-state index is 12.2. The molecule has 0 amide bonds. The van der Waals surface area contributed by atoms with Crippen molar-refractivity contribution in [2.75, 3.05) is 0 Å². The van der Waals surface area contributed by atoms with Crippen molar-refractivity contribution in [3.8, 4) is 11.4 Å².